The van der Waals surface area contributed by atoms with E-state index in [0.29, 0.717) is 0 Å². The summed E-state index contributed by atoms with van der Waals surface area (Å²) in [4.78, 5) is 56.2. The fourth-order valence-corrected chi connectivity index (χ4v) is 8.33. The van der Waals surface area contributed by atoms with Crippen LogP contribution in [0.5, 0.6) is 0 Å². The van der Waals surface area contributed by atoms with E-state index >= 15 is 0 Å². The number of aromatic amines is 2. The predicted octanol–water partition coefficient (Wildman–Crippen LogP) is -1.99. The van der Waals surface area contributed by atoms with Crippen molar-refractivity contribution in [1.82, 2.24) is 39.0 Å². The molecule has 0 aliphatic carbocycles. The second-order valence-electron chi connectivity index (χ2n) is 10.3. The maximum absolute atomic E-state index is 13.4. The first kappa shape index (κ1) is 31.8. The van der Waals surface area contributed by atoms with Crippen LogP contribution in [0.4, 0.5) is 11.9 Å². The van der Waals surface area contributed by atoms with Crippen molar-refractivity contribution in [2.24, 2.45) is 0 Å². The summed E-state index contributed by atoms with van der Waals surface area (Å²) in [6.07, 6.45) is -9.01. The minimum absolute atomic E-state index is 0.0342. The topological polar surface area (TPSA) is 312 Å². The molecule has 4 aromatic heterocycles. The van der Waals surface area contributed by atoms with Crippen LogP contribution in [0.2, 0.25) is 0 Å². The second kappa shape index (κ2) is 11.4. The minimum atomic E-state index is -4.35. The number of aliphatic hydroxyl groups excluding tert-OH is 2. The lowest BCUT2D eigenvalue weighted by Gasteiger charge is -2.29. The molecular weight excluding hydrogens is 698 g/mol. The number of nitrogens with one attached hydrogen (secondary N) is 2. The number of fused-ring (bicyclic) bond motifs is 4. The summed E-state index contributed by atoms with van der Waals surface area (Å²) in [6.45, 7) is -9.76. The highest BCUT2D eigenvalue weighted by Gasteiger charge is 2.53. The average Bonchev–Trinajstić information content (AvgIpc) is 3.72. The van der Waals surface area contributed by atoms with Crippen LogP contribution in [0.15, 0.2) is 22.2 Å². The molecule has 248 valence electrons. The summed E-state index contributed by atoms with van der Waals surface area (Å²) in [6, 6.07) is 0. The van der Waals surface area contributed by atoms with Crippen molar-refractivity contribution in [3.05, 3.63) is 33.4 Å². The maximum atomic E-state index is 13.4. The number of aliphatic hydroxyl groups is 2. The van der Waals surface area contributed by atoms with Gasteiger partial charge >= 0.3 is 13.5 Å². The molecule has 6 unspecified atom stereocenters. The van der Waals surface area contributed by atoms with Crippen molar-refractivity contribution >= 4 is 71.8 Å². The Morgan fingerprint density at radius 1 is 0.870 bits per heavy atom. The molecule has 0 saturated carbocycles. The Morgan fingerprint density at radius 2 is 1.33 bits per heavy atom. The quantitative estimate of drug-likeness (QED) is 0.0820. The summed E-state index contributed by atoms with van der Waals surface area (Å²) in [5.74, 6) is -0.450. The number of hydrogen-bond acceptors (Lipinski definition) is 18. The molecule has 10 atom stereocenters. The molecular formula is C20H24N10O12P2S2. The number of H-pyrrole nitrogens is 2. The normalized spacial score (nSPS) is 37.1. The van der Waals surface area contributed by atoms with Crippen molar-refractivity contribution < 1.29 is 47.2 Å². The zero-order chi connectivity index (χ0) is 32.7. The fourth-order valence-electron chi connectivity index (χ4n) is 5.39. The summed E-state index contributed by atoms with van der Waals surface area (Å²) in [5.41, 5.74) is 9.79. The largest absolute Gasteiger partial charge is 0.386 e. The molecule has 3 aliphatic rings. The number of nitrogen functional groups attached to an aromatic ring is 2. The van der Waals surface area contributed by atoms with Gasteiger partial charge in [-0.1, -0.05) is 12.2 Å². The second-order valence-corrected chi connectivity index (χ2v) is 16.0. The third-order valence-electron chi connectivity index (χ3n) is 7.38. The molecule has 26 heteroatoms. The van der Waals surface area contributed by atoms with E-state index in [2.05, 4.69) is 42.2 Å². The van der Waals surface area contributed by atoms with E-state index in [0.717, 1.165) is 0 Å². The molecule has 22 nitrogen and oxygen atoms in total. The molecule has 0 aromatic carbocycles. The van der Waals surface area contributed by atoms with Crippen molar-refractivity contribution in [2.75, 3.05) is 24.7 Å². The third kappa shape index (κ3) is 5.57. The van der Waals surface area contributed by atoms with Crippen LogP contribution in [-0.4, -0.2) is 104 Å². The van der Waals surface area contributed by atoms with Gasteiger partial charge in [-0.15, -0.1) is 0 Å². The van der Waals surface area contributed by atoms with E-state index in [9.17, 15) is 29.3 Å². The van der Waals surface area contributed by atoms with Gasteiger partial charge in [-0.3, -0.25) is 42.3 Å². The Labute approximate surface area is 264 Å². The van der Waals surface area contributed by atoms with Crippen LogP contribution >= 0.6 is 25.8 Å². The van der Waals surface area contributed by atoms with Crippen LogP contribution in [-0.2, 0) is 43.9 Å². The molecule has 3 saturated heterocycles. The lowest BCUT2D eigenvalue weighted by Crippen LogP contribution is -2.38. The van der Waals surface area contributed by atoms with Gasteiger partial charge in [-0.2, -0.15) is 9.97 Å². The number of rotatable bonds is 2. The first-order valence-electron chi connectivity index (χ1n) is 13.1. The van der Waals surface area contributed by atoms with Crippen molar-refractivity contribution in [1.29, 1.82) is 0 Å². The average molecular weight is 723 g/mol. The molecule has 3 aliphatic heterocycles. The minimum Gasteiger partial charge on any atom is -0.386 e. The van der Waals surface area contributed by atoms with Crippen LogP contribution in [0, 0.1) is 0 Å². The summed E-state index contributed by atoms with van der Waals surface area (Å²) >= 11 is 9.24. The molecule has 7 rings (SSSR count). The van der Waals surface area contributed by atoms with Crippen molar-refractivity contribution in [2.45, 2.75) is 49.1 Å². The maximum Gasteiger partial charge on any atom is 0.386 e. The monoisotopic (exact) mass is 722 g/mol. The lowest BCUT2D eigenvalue weighted by atomic mass is 10.1. The highest BCUT2D eigenvalue weighted by molar-refractivity contribution is 8.44. The van der Waals surface area contributed by atoms with Gasteiger partial charge in [0, 0.05) is 0 Å². The highest BCUT2D eigenvalue weighted by atomic mass is 32.7. The van der Waals surface area contributed by atoms with Crippen molar-refractivity contribution in [3.8, 4) is 0 Å². The lowest BCUT2D eigenvalue weighted by molar-refractivity contribution is -0.0577. The summed E-state index contributed by atoms with van der Waals surface area (Å²) in [7, 11) is 0. The van der Waals surface area contributed by atoms with E-state index in [1.807, 2.05) is 0 Å². The molecule has 4 aromatic rings. The zero-order valence-corrected chi connectivity index (χ0v) is 26.3. The van der Waals surface area contributed by atoms with Crippen LogP contribution in [0.3, 0.4) is 0 Å². The van der Waals surface area contributed by atoms with Gasteiger partial charge < -0.3 is 40.6 Å². The Balaban J connectivity index is 1.18. The van der Waals surface area contributed by atoms with Crippen LogP contribution < -0.4 is 22.6 Å². The van der Waals surface area contributed by atoms with Gasteiger partial charge in [0.15, 0.2) is 34.8 Å². The van der Waals surface area contributed by atoms with Crippen molar-refractivity contribution in [3.63, 3.8) is 0 Å². The number of imidazole rings is 2. The smallest absolute Gasteiger partial charge is 0.386 e. The molecule has 0 radical (unpaired) electrons. The van der Waals surface area contributed by atoms with Crippen LogP contribution in [0.25, 0.3) is 22.3 Å². The standard InChI is InChI=1S/C20H24N10O12P2S2/c21-19-25-13-7(15(33)27-19)23-3-29(13)17-9(31)11-5(39-17)1-37-43(35,45)42-12-6(2-38-44(36,46)41-11)40-18(10(12)32)30-4-24-8-14(30)26-20(22)28-16(8)34/h3-6,9-12,17-18,31-32H,1-2H2,(H,35,45)(H,36,46)(H3,21,25,27,33)(H3,22,26,28,34)/t5-,6-,9?,10?,11?,12?,17-,18-,43?,44?/m1/s1. The number of ether oxygens (including phenoxy) is 2. The number of thiol groups is 1. The highest BCUT2D eigenvalue weighted by Crippen LogP contribution is 2.58. The molecule has 0 amide bonds. The van der Waals surface area contributed by atoms with Gasteiger partial charge in [0.25, 0.3) is 11.1 Å². The number of nitrogens with two attached hydrogens (primary N) is 2. The Kier molecular flexibility index (Phi) is 7.87. The van der Waals surface area contributed by atoms with Crippen LogP contribution in [0.1, 0.15) is 12.5 Å². The molecule has 0 spiro atoms. The van der Waals surface area contributed by atoms with E-state index < -0.39 is 86.9 Å². The third-order valence-corrected chi connectivity index (χ3v) is 10.6. The first-order valence-corrected chi connectivity index (χ1v) is 18.4. The Hall–Kier alpha value is -2.83. The summed E-state index contributed by atoms with van der Waals surface area (Å²) < 4.78 is 50.0. The molecule has 3 fully saturated rings. The van der Waals surface area contributed by atoms with E-state index in [1.165, 1.54) is 21.8 Å². The fraction of sp³-hybridized carbons (Fsp3) is 0.500. The summed E-state index contributed by atoms with van der Waals surface area (Å²) in [5, 5.41) is 22.5. The number of anilines is 2. The number of hydrogen-bond donors (Lipinski definition) is 8. The molecule has 0 bridgehead atoms. The predicted molar refractivity (Wildman–Crippen MR) is 160 cm³/mol. The SMILES string of the molecule is Nc1nc2c(ncn2[C@@H]2O[C@@H]3COP(O)(=S)OC4C(O)[C@H](n5cnc6c(=O)[nH]c(N)nc65)O[C@@H]4COP(=O)(S)OC3C2O)c(=O)[nH]1. The van der Waals surface area contributed by atoms with Gasteiger partial charge in [-0.05, 0) is 11.8 Å². The first-order chi connectivity index (χ1) is 21.7. The number of aromatic nitrogens is 8. The molecule has 9 N–H and O–H groups in total. The molecule has 46 heavy (non-hydrogen) atoms. The van der Waals surface area contributed by atoms with Gasteiger partial charge in [0.05, 0.1) is 25.9 Å². The Morgan fingerprint density at radius 3 is 1.83 bits per heavy atom. The van der Waals surface area contributed by atoms with Gasteiger partial charge in [-0.25, -0.2) is 14.5 Å². The number of nitrogens with zero attached hydrogens (tertiary/aromatic N) is 6. The zero-order valence-electron chi connectivity index (χ0n) is 22.8. The van der Waals surface area contributed by atoms with E-state index in [-0.39, 0.29) is 34.2 Å². The van der Waals surface area contributed by atoms with Gasteiger partial charge in [0.1, 0.15) is 36.6 Å². The van der Waals surface area contributed by atoms with Gasteiger partial charge in [0.2, 0.25) is 11.9 Å². The molecule has 7 heterocycles. The van der Waals surface area contributed by atoms with E-state index in [1.54, 1.807) is 0 Å². The Bertz CT molecular complexity index is 1910. The van der Waals surface area contributed by atoms with E-state index in [4.69, 9.17) is 50.8 Å².